The second-order valence-corrected chi connectivity index (χ2v) is 5.41. The fraction of sp³-hybridized carbons (Fsp3) is 0.357. The van der Waals surface area contributed by atoms with Crippen molar-refractivity contribution >= 4 is 11.3 Å². The van der Waals surface area contributed by atoms with Gasteiger partial charge in [-0.1, -0.05) is 31.2 Å². The van der Waals surface area contributed by atoms with Gasteiger partial charge in [-0.25, -0.2) is 4.98 Å². The van der Waals surface area contributed by atoms with Crippen LogP contribution in [0.2, 0.25) is 0 Å². The Morgan fingerprint density at radius 3 is 2.53 bits per heavy atom. The van der Waals surface area contributed by atoms with Gasteiger partial charge in [-0.05, 0) is 24.5 Å². The molecule has 0 aliphatic heterocycles. The summed E-state index contributed by atoms with van der Waals surface area (Å²) in [7, 11) is 0. The predicted octanol–water partition coefficient (Wildman–Crippen LogP) is 3.16. The zero-order valence-corrected chi connectivity index (χ0v) is 11.0. The lowest BCUT2D eigenvalue weighted by Crippen LogP contribution is -2.24. The molecule has 0 aliphatic rings. The van der Waals surface area contributed by atoms with E-state index in [0.29, 0.717) is 6.42 Å². The molecule has 0 radical (unpaired) electrons. The molecule has 1 heterocycles. The number of aliphatic hydroxyl groups is 1. The molecule has 17 heavy (non-hydrogen) atoms. The van der Waals surface area contributed by atoms with Crippen molar-refractivity contribution < 1.29 is 5.11 Å². The van der Waals surface area contributed by atoms with Crippen molar-refractivity contribution in [2.24, 2.45) is 0 Å². The van der Waals surface area contributed by atoms with Gasteiger partial charge in [0.05, 0.1) is 10.6 Å². The predicted molar refractivity (Wildman–Crippen MR) is 71.2 cm³/mol. The van der Waals surface area contributed by atoms with Crippen LogP contribution in [-0.4, -0.2) is 10.1 Å². The van der Waals surface area contributed by atoms with E-state index >= 15 is 0 Å². The maximum atomic E-state index is 10.5. The first-order valence-electron chi connectivity index (χ1n) is 5.82. The van der Waals surface area contributed by atoms with Gasteiger partial charge < -0.3 is 5.11 Å². The Labute approximate surface area is 106 Å². The number of nitrogens with zero attached hydrogens (tertiary/aromatic N) is 1. The third-order valence-corrected chi connectivity index (χ3v) is 3.74. The second-order valence-electron chi connectivity index (χ2n) is 4.43. The molecule has 0 bridgehead atoms. The molecule has 3 heteroatoms. The van der Waals surface area contributed by atoms with Crippen LogP contribution >= 0.6 is 11.3 Å². The molecule has 2 rings (SSSR count). The molecule has 0 spiro atoms. The van der Waals surface area contributed by atoms with Crippen LogP contribution in [0.25, 0.3) is 0 Å². The number of aryl methyl sites for hydroxylation is 1. The lowest BCUT2D eigenvalue weighted by molar-refractivity contribution is 0.0575. The van der Waals surface area contributed by atoms with Gasteiger partial charge in [-0.15, -0.1) is 11.3 Å². The minimum Gasteiger partial charge on any atom is -0.385 e. The highest BCUT2D eigenvalue weighted by Gasteiger charge is 2.24. The van der Waals surface area contributed by atoms with E-state index in [4.69, 9.17) is 0 Å². The van der Waals surface area contributed by atoms with E-state index in [1.807, 2.05) is 24.4 Å². The molecule has 1 unspecified atom stereocenters. The summed E-state index contributed by atoms with van der Waals surface area (Å²) in [4.78, 5) is 4.22. The average Bonchev–Trinajstić information content (AvgIpc) is 2.81. The largest absolute Gasteiger partial charge is 0.385 e. The smallest absolute Gasteiger partial charge is 0.0956 e. The van der Waals surface area contributed by atoms with Crippen molar-refractivity contribution in [2.75, 3.05) is 0 Å². The van der Waals surface area contributed by atoms with Crippen LogP contribution in [0, 0.1) is 0 Å². The van der Waals surface area contributed by atoms with Crippen LogP contribution < -0.4 is 0 Å². The zero-order valence-electron chi connectivity index (χ0n) is 10.2. The molecule has 1 atom stereocenters. The Kier molecular flexibility index (Phi) is 3.60. The molecule has 0 amide bonds. The van der Waals surface area contributed by atoms with Gasteiger partial charge in [-0.3, -0.25) is 0 Å². The monoisotopic (exact) mass is 247 g/mol. The highest BCUT2D eigenvalue weighted by molar-refractivity contribution is 7.09. The zero-order chi connectivity index (χ0) is 12.3. The SMILES string of the molecule is CCc1ccc(C(C)(O)Cc2nccs2)cc1. The van der Waals surface area contributed by atoms with E-state index < -0.39 is 5.60 Å². The van der Waals surface area contributed by atoms with Crippen molar-refractivity contribution in [1.82, 2.24) is 4.98 Å². The summed E-state index contributed by atoms with van der Waals surface area (Å²) in [5, 5.41) is 13.4. The highest BCUT2D eigenvalue weighted by Crippen LogP contribution is 2.26. The van der Waals surface area contributed by atoms with Crippen molar-refractivity contribution in [2.45, 2.75) is 32.3 Å². The lowest BCUT2D eigenvalue weighted by Gasteiger charge is -2.23. The summed E-state index contributed by atoms with van der Waals surface area (Å²) in [6, 6.07) is 8.16. The van der Waals surface area contributed by atoms with Gasteiger partial charge in [0.2, 0.25) is 0 Å². The van der Waals surface area contributed by atoms with Gasteiger partial charge in [0, 0.05) is 18.0 Å². The summed E-state index contributed by atoms with van der Waals surface area (Å²) < 4.78 is 0. The number of hydrogen-bond acceptors (Lipinski definition) is 3. The highest BCUT2D eigenvalue weighted by atomic mass is 32.1. The maximum absolute atomic E-state index is 10.5. The van der Waals surface area contributed by atoms with Gasteiger partial charge in [0.25, 0.3) is 0 Å². The first kappa shape index (κ1) is 12.3. The Morgan fingerprint density at radius 2 is 2.00 bits per heavy atom. The van der Waals surface area contributed by atoms with Crippen molar-refractivity contribution in [1.29, 1.82) is 0 Å². The Bertz CT molecular complexity index is 459. The van der Waals surface area contributed by atoms with Crippen molar-refractivity contribution in [3.63, 3.8) is 0 Å². The first-order valence-corrected chi connectivity index (χ1v) is 6.70. The first-order chi connectivity index (χ1) is 8.12. The maximum Gasteiger partial charge on any atom is 0.0956 e. The van der Waals surface area contributed by atoms with E-state index in [1.54, 1.807) is 17.5 Å². The summed E-state index contributed by atoms with van der Waals surface area (Å²) in [6.45, 7) is 3.97. The molecular formula is C14H17NOS. The third-order valence-electron chi connectivity index (χ3n) is 2.96. The van der Waals surface area contributed by atoms with Gasteiger partial charge in [-0.2, -0.15) is 0 Å². The molecule has 1 aromatic heterocycles. The molecule has 0 aliphatic carbocycles. The Morgan fingerprint density at radius 1 is 1.29 bits per heavy atom. The van der Waals surface area contributed by atoms with Crippen LogP contribution in [0.15, 0.2) is 35.8 Å². The molecule has 0 saturated carbocycles. The van der Waals surface area contributed by atoms with Gasteiger partial charge >= 0.3 is 0 Å². The summed E-state index contributed by atoms with van der Waals surface area (Å²) in [5.41, 5.74) is 1.40. The molecule has 0 saturated heterocycles. The van der Waals surface area contributed by atoms with Crippen LogP contribution in [0.4, 0.5) is 0 Å². The van der Waals surface area contributed by atoms with Crippen LogP contribution in [-0.2, 0) is 18.4 Å². The van der Waals surface area contributed by atoms with E-state index in [-0.39, 0.29) is 0 Å². The van der Waals surface area contributed by atoms with Crippen molar-refractivity contribution in [3.8, 4) is 0 Å². The van der Waals surface area contributed by atoms with Crippen molar-refractivity contribution in [3.05, 3.63) is 52.0 Å². The fourth-order valence-electron chi connectivity index (χ4n) is 1.84. The molecular weight excluding hydrogens is 230 g/mol. The topological polar surface area (TPSA) is 33.1 Å². The Hall–Kier alpha value is -1.19. The van der Waals surface area contributed by atoms with E-state index in [0.717, 1.165) is 17.0 Å². The molecule has 0 fully saturated rings. The molecule has 90 valence electrons. The molecule has 2 nitrogen and oxygen atoms in total. The standard InChI is InChI=1S/C14H17NOS/c1-3-11-4-6-12(7-5-11)14(2,16)10-13-15-8-9-17-13/h4-9,16H,3,10H2,1-2H3. The number of thiazole rings is 1. The van der Waals surface area contributed by atoms with E-state index in [1.165, 1.54) is 5.56 Å². The normalized spacial score (nSPS) is 14.5. The Balaban J connectivity index is 2.18. The molecule has 1 aromatic carbocycles. The lowest BCUT2D eigenvalue weighted by atomic mass is 9.92. The molecule has 2 aromatic rings. The minimum absolute atomic E-state index is 0.566. The third kappa shape index (κ3) is 2.93. The molecule has 1 N–H and O–H groups in total. The van der Waals surface area contributed by atoms with Crippen LogP contribution in [0.1, 0.15) is 30.0 Å². The van der Waals surface area contributed by atoms with Gasteiger partial charge in [0.15, 0.2) is 0 Å². The summed E-state index contributed by atoms with van der Waals surface area (Å²) >= 11 is 1.58. The average molecular weight is 247 g/mol. The van der Waals surface area contributed by atoms with Crippen LogP contribution in [0.5, 0.6) is 0 Å². The minimum atomic E-state index is -0.843. The van der Waals surface area contributed by atoms with Crippen LogP contribution in [0.3, 0.4) is 0 Å². The van der Waals surface area contributed by atoms with E-state index in [2.05, 4.69) is 24.0 Å². The van der Waals surface area contributed by atoms with E-state index in [9.17, 15) is 5.11 Å². The number of rotatable bonds is 4. The number of aromatic nitrogens is 1. The summed E-state index contributed by atoms with van der Waals surface area (Å²) in [6.07, 6.45) is 3.36. The number of benzene rings is 1. The summed E-state index contributed by atoms with van der Waals surface area (Å²) in [5.74, 6) is 0. The number of hydrogen-bond donors (Lipinski definition) is 1. The fourth-order valence-corrected chi connectivity index (χ4v) is 2.60. The second kappa shape index (κ2) is 4.98. The quantitative estimate of drug-likeness (QED) is 0.900. The van der Waals surface area contributed by atoms with Gasteiger partial charge in [0.1, 0.15) is 0 Å².